The Bertz CT molecular complexity index is 816. The summed E-state index contributed by atoms with van der Waals surface area (Å²) >= 11 is 6.09. The minimum Gasteiger partial charge on any atom is -0.494 e. The van der Waals surface area contributed by atoms with E-state index in [4.69, 9.17) is 21.1 Å². The summed E-state index contributed by atoms with van der Waals surface area (Å²) < 4.78 is 10.9. The summed E-state index contributed by atoms with van der Waals surface area (Å²) in [5, 5.41) is 0.912. The number of rotatable bonds is 2. The third kappa shape index (κ3) is 3.90. The van der Waals surface area contributed by atoms with Crippen LogP contribution in [0.25, 0.3) is 10.9 Å². The normalized spacial score (nSPS) is 15.3. The topological polar surface area (TPSA) is 80.7 Å². The first-order chi connectivity index (χ1) is 12.3. The van der Waals surface area contributed by atoms with Crippen molar-refractivity contribution in [1.82, 2.24) is 19.9 Å². The highest BCUT2D eigenvalue weighted by Gasteiger charge is 2.28. The van der Waals surface area contributed by atoms with Gasteiger partial charge in [0.15, 0.2) is 0 Å². The highest BCUT2D eigenvalue weighted by atomic mass is 35.5. The number of hydrogen-bond acceptors (Lipinski definition) is 7. The maximum atomic E-state index is 12.2. The van der Waals surface area contributed by atoms with E-state index in [1.807, 2.05) is 20.8 Å². The molecule has 0 unspecified atom stereocenters. The lowest BCUT2D eigenvalue weighted by molar-refractivity contribution is 0.0240. The molecule has 1 fully saturated rings. The van der Waals surface area contributed by atoms with Gasteiger partial charge in [-0.05, 0) is 32.4 Å². The fourth-order valence-corrected chi connectivity index (χ4v) is 2.99. The first kappa shape index (κ1) is 18.4. The Morgan fingerprint density at radius 3 is 2.46 bits per heavy atom. The van der Waals surface area contributed by atoms with Gasteiger partial charge in [-0.3, -0.25) is 4.98 Å². The molecule has 140 valence electrons. The molecule has 3 heterocycles. The van der Waals surface area contributed by atoms with Crippen LogP contribution in [-0.2, 0) is 4.74 Å². The molecule has 0 radical (unpaired) electrons. The van der Waals surface area contributed by atoms with Crippen LogP contribution in [0.1, 0.15) is 20.8 Å². The van der Waals surface area contributed by atoms with Gasteiger partial charge in [-0.2, -0.15) is 4.98 Å². The number of nitrogens with zero attached hydrogens (tertiary/aromatic N) is 5. The second-order valence-corrected chi connectivity index (χ2v) is 7.34. The van der Waals surface area contributed by atoms with Crippen molar-refractivity contribution in [3.63, 3.8) is 0 Å². The van der Waals surface area contributed by atoms with E-state index in [0.29, 0.717) is 43.3 Å². The van der Waals surface area contributed by atoms with Gasteiger partial charge in [-0.15, -0.1) is 0 Å². The number of anilines is 1. The predicted molar refractivity (Wildman–Crippen MR) is 98.9 cm³/mol. The van der Waals surface area contributed by atoms with Crippen LogP contribution in [0, 0.1) is 0 Å². The van der Waals surface area contributed by atoms with Crippen molar-refractivity contribution in [2.45, 2.75) is 26.4 Å². The molecule has 0 aliphatic carbocycles. The minimum atomic E-state index is -0.509. The van der Waals surface area contributed by atoms with Crippen molar-refractivity contribution in [3.05, 3.63) is 17.7 Å². The van der Waals surface area contributed by atoms with Crippen molar-refractivity contribution >= 4 is 34.4 Å². The number of halogens is 1. The van der Waals surface area contributed by atoms with Gasteiger partial charge in [0.2, 0.25) is 5.28 Å². The average Bonchev–Trinajstić information content (AvgIpc) is 2.59. The molecule has 0 N–H and O–H groups in total. The summed E-state index contributed by atoms with van der Waals surface area (Å²) in [4.78, 5) is 28.7. The summed E-state index contributed by atoms with van der Waals surface area (Å²) in [7, 11) is 1.58. The number of carbonyl (C=O) groups excluding carboxylic acids is 1. The Balaban J connectivity index is 1.83. The number of ether oxygens (including phenoxy) is 2. The lowest BCUT2D eigenvalue weighted by Crippen LogP contribution is -2.50. The van der Waals surface area contributed by atoms with Crippen LogP contribution in [0.3, 0.4) is 0 Å². The molecule has 1 aliphatic heterocycles. The number of carbonyl (C=O) groups is 1. The van der Waals surface area contributed by atoms with Crippen molar-refractivity contribution < 1.29 is 14.3 Å². The summed E-state index contributed by atoms with van der Waals surface area (Å²) in [6.45, 7) is 7.85. The van der Waals surface area contributed by atoms with Crippen LogP contribution in [0.15, 0.2) is 12.4 Å². The zero-order chi connectivity index (χ0) is 18.9. The number of aromatic nitrogens is 3. The average molecular weight is 380 g/mol. The van der Waals surface area contributed by atoms with Crippen molar-refractivity contribution in [3.8, 4) is 5.75 Å². The Morgan fingerprint density at radius 2 is 1.85 bits per heavy atom. The second-order valence-electron chi connectivity index (χ2n) is 7.01. The first-order valence-corrected chi connectivity index (χ1v) is 8.74. The first-order valence-electron chi connectivity index (χ1n) is 8.36. The lowest BCUT2D eigenvalue weighted by Gasteiger charge is -2.36. The van der Waals surface area contributed by atoms with Crippen molar-refractivity contribution in [2.75, 3.05) is 38.2 Å². The molecule has 0 saturated carbocycles. The van der Waals surface area contributed by atoms with Crippen LogP contribution in [0.4, 0.5) is 10.6 Å². The van der Waals surface area contributed by atoms with Gasteiger partial charge in [0.1, 0.15) is 17.2 Å². The summed E-state index contributed by atoms with van der Waals surface area (Å²) in [5.74, 6) is 1.27. The third-order valence-electron chi connectivity index (χ3n) is 3.98. The molecule has 1 saturated heterocycles. The van der Waals surface area contributed by atoms with Crippen LogP contribution in [0.2, 0.25) is 5.28 Å². The maximum Gasteiger partial charge on any atom is 0.410 e. The Labute approximate surface area is 157 Å². The smallest absolute Gasteiger partial charge is 0.410 e. The molecule has 26 heavy (non-hydrogen) atoms. The summed E-state index contributed by atoms with van der Waals surface area (Å²) in [5.41, 5.74) is 0.110. The molecule has 3 rings (SSSR count). The summed E-state index contributed by atoms with van der Waals surface area (Å²) in [6, 6.07) is 0. The largest absolute Gasteiger partial charge is 0.494 e. The van der Waals surface area contributed by atoms with Crippen LogP contribution in [0.5, 0.6) is 5.75 Å². The van der Waals surface area contributed by atoms with Crippen molar-refractivity contribution in [2.24, 2.45) is 0 Å². The van der Waals surface area contributed by atoms with Crippen LogP contribution in [-0.4, -0.2) is 64.8 Å². The quantitative estimate of drug-likeness (QED) is 0.742. The molecular formula is C17H22ClN5O3. The molecule has 0 bridgehead atoms. The van der Waals surface area contributed by atoms with E-state index >= 15 is 0 Å². The summed E-state index contributed by atoms with van der Waals surface area (Å²) in [6.07, 6.45) is 2.95. The highest BCUT2D eigenvalue weighted by Crippen LogP contribution is 2.33. The van der Waals surface area contributed by atoms with Gasteiger partial charge in [0.05, 0.1) is 30.4 Å². The fourth-order valence-electron chi connectivity index (χ4n) is 2.82. The van der Waals surface area contributed by atoms with E-state index in [1.54, 1.807) is 24.4 Å². The van der Waals surface area contributed by atoms with E-state index in [0.717, 1.165) is 5.39 Å². The number of piperazine rings is 1. The van der Waals surface area contributed by atoms with E-state index in [-0.39, 0.29) is 11.4 Å². The zero-order valence-corrected chi connectivity index (χ0v) is 16.1. The molecule has 1 amide bonds. The molecule has 0 atom stereocenters. The van der Waals surface area contributed by atoms with Gasteiger partial charge in [0, 0.05) is 26.2 Å². The van der Waals surface area contributed by atoms with E-state index in [1.165, 1.54) is 0 Å². The molecule has 0 aromatic carbocycles. The Kier molecular flexibility index (Phi) is 5.04. The van der Waals surface area contributed by atoms with E-state index < -0.39 is 5.60 Å². The van der Waals surface area contributed by atoms with Gasteiger partial charge < -0.3 is 19.3 Å². The molecule has 2 aromatic heterocycles. The standard InChI is InChI=1S/C17H22ClN5O3/c1-17(2,3)26-16(24)23-7-5-22(6-8-23)14-13-11(20-15(18)21-14)9-19-10-12(13)25-4/h9-10H,5-8H2,1-4H3. The molecule has 0 spiro atoms. The van der Waals surface area contributed by atoms with Gasteiger partial charge in [-0.25, -0.2) is 9.78 Å². The van der Waals surface area contributed by atoms with E-state index in [9.17, 15) is 4.79 Å². The molecule has 8 nitrogen and oxygen atoms in total. The minimum absolute atomic E-state index is 0.150. The van der Waals surface area contributed by atoms with E-state index in [2.05, 4.69) is 19.9 Å². The number of fused-ring (bicyclic) bond motifs is 1. The third-order valence-corrected chi connectivity index (χ3v) is 4.15. The van der Waals surface area contributed by atoms with Gasteiger partial charge >= 0.3 is 6.09 Å². The molecule has 2 aromatic rings. The fraction of sp³-hybridized carbons (Fsp3) is 0.529. The lowest BCUT2D eigenvalue weighted by atomic mass is 10.2. The monoisotopic (exact) mass is 379 g/mol. The number of methoxy groups -OCH3 is 1. The van der Waals surface area contributed by atoms with Crippen molar-refractivity contribution in [1.29, 1.82) is 0 Å². The SMILES string of the molecule is COc1cncc2nc(Cl)nc(N3CCN(C(=O)OC(C)(C)C)CC3)c12. The molecule has 1 aliphatic rings. The van der Waals surface area contributed by atoms with Gasteiger partial charge in [0.25, 0.3) is 0 Å². The second kappa shape index (κ2) is 7.11. The highest BCUT2D eigenvalue weighted by molar-refractivity contribution is 6.29. The molecular weight excluding hydrogens is 358 g/mol. The van der Waals surface area contributed by atoms with Crippen LogP contribution < -0.4 is 9.64 Å². The zero-order valence-electron chi connectivity index (χ0n) is 15.3. The van der Waals surface area contributed by atoms with Crippen LogP contribution >= 0.6 is 11.6 Å². The number of amides is 1. The Morgan fingerprint density at radius 1 is 1.15 bits per heavy atom. The predicted octanol–water partition coefficient (Wildman–Crippen LogP) is 2.74. The Hall–Kier alpha value is -2.35. The number of hydrogen-bond donors (Lipinski definition) is 0. The molecule has 9 heteroatoms. The number of pyridine rings is 1. The van der Waals surface area contributed by atoms with Gasteiger partial charge in [-0.1, -0.05) is 0 Å². The maximum absolute atomic E-state index is 12.2.